The van der Waals surface area contributed by atoms with Crippen molar-refractivity contribution in [1.29, 1.82) is 0 Å². The lowest BCUT2D eigenvalue weighted by Crippen LogP contribution is -2.50. The van der Waals surface area contributed by atoms with E-state index in [1.807, 2.05) is 32.3 Å². The van der Waals surface area contributed by atoms with Gasteiger partial charge in [0.15, 0.2) is 5.69 Å². The van der Waals surface area contributed by atoms with Crippen molar-refractivity contribution in [2.45, 2.75) is 6.42 Å². The molecule has 0 spiro atoms. The van der Waals surface area contributed by atoms with Gasteiger partial charge in [-0.15, -0.1) is 0 Å². The fourth-order valence-electron chi connectivity index (χ4n) is 2.77. The molecule has 1 fully saturated rings. The first-order valence-corrected chi connectivity index (χ1v) is 8.22. The van der Waals surface area contributed by atoms with Crippen molar-refractivity contribution < 1.29 is 14.1 Å². The number of likely N-dealkylation sites (tertiary alicyclic amines) is 1. The fraction of sp³-hybridized carbons (Fsp3) is 0.316. The topological polar surface area (TPSA) is 66.7 Å². The first kappa shape index (κ1) is 17.0. The summed E-state index contributed by atoms with van der Waals surface area (Å²) in [6.45, 7) is 1.40. The molecule has 1 aromatic heterocycles. The van der Waals surface area contributed by atoms with E-state index in [0.29, 0.717) is 19.0 Å². The Morgan fingerprint density at radius 1 is 1.28 bits per heavy atom. The van der Waals surface area contributed by atoms with Gasteiger partial charge in [0.1, 0.15) is 0 Å². The largest absolute Gasteiger partial charge is 0.383 e. The molecule has 0 bridgehead atoms. The monoisotopic (exact) mass is 339 g/mol. The minimum atomic E-state index is -0.314. The number of hydrogen-bond acceptors (Lipinski definition) is 5. The molecule has 0 unspecified atom stereocenters. The molecule has 130 valence electrons. The van der Waals surface area contributed by atoms with Crippen molar-refractivity contribution in [3.8, 4) is 0 Å². The summed E-state index contributed by atoms with van der Waals surface area (Å²) >= 11 is 0. The predicted molar refractivity (Wildman–Crippen MR) is 93.2 cm³/mol. The Bertz CT molecular complexity index is 774. The van der Waals surface area contributed by atoms with E-state index in [1.165, 1.54) is 17.7 Å². The van der Waals surface area contributed by atoms with Gasteiger partial charge in [-0.2, -0.15) is 0 Å². The lowest BCUT2D eigenvalue weighted by Gasteiger charge is -2.38. The number of nitrogens with zero attached hydrogens (tertiary/aromatic N) is 3. The summed E-state index contributed by atoms with van der Waals surface area (Å²) in [4.78, 5) is 27.8. The Kier molecular flexibility index (Phi) is 4.97. The zero-order valence-electron chi connectivity index (χ0n) is 14.4. The Morgan fingerprint density at radius 2 is 2.00 bits per heavy atom. The summed E-state index contributed by atoms with van der Waals surface area (Å²) in [7, 11) is 3.63. The molecule has 1 amide bonds. The van der Waals surface area contributed by atoms with Crippen molar-refractivity contribution in [2.75, 3.05) is 27.2 Å². The molecular weight excluding hydrogens is 318 g/mol. The van der Waals surface area contributed by atoms with E-state index >= 15 is 0 Å². The molecule has 1 saturated heterocycles. The van der Waals surface area contributed by atoms with Crippen LogP contribution in [0.1, 0.15) is 26.6 Å². The Hall–Kier alpha value is -2.89. The zero-order chi connectivity index (χ0) is 17.8. The highest BCUT2D eigenvalue weighted by atomic mass is 16.5. The fourth-order valence-corrected chi connectivity index (χ4v) is 2.77. The average Bonchev–Trinajstić information content (AvgIpc) is 3.06. The molecule has 2 heterocycles. The van der Waals surface area contributed by atoms with Crippen LogP contribution >= 0.6 is 0 Å². The minimum absolute atomic E-state index is 0.0720. The minimum Gasteiger partial charge on any atom is -0.383 e. The summed E-state index contributed by atoms with van der Waals surface area (Å²) in [6, 6.07) is 11.7. The number of aromatic nitrogens is 1. The van der Waals surface area contributed by atoms with E-state index in [2.05, 4.69) is 17.3 Å². The van der Waals surface area contributed by atoms with E-state index < -0.39 is 0 Å². The maximum Gasteiger partial charge on any atom is 0.276 e. The van der Waals surface area contributed by atoms with Gasteiger partial charge in [-0.25, -0.2) is 0 Å². The van der Waals surface area contributed by atoms with Crippen molar-refractivity contribution in [3.63, 3.8) is 0 Å². The van der Waals surface area contributed by atoms with Crippen LogP contribution in [0.3, 0.4) is 0 Å². The normalized spacial score (nSPS) is 14.6. The molecular formula is C19H21N3O3. The molecule has 1 aliphatic heterocycles. The van der Waals surface area contributed by atoms with Gasteiger partial charge in [-0.05, 0) is 17.9 Å². The van der Waals surface area contributed by atoms with E-state index in [4.69, 9.17) is 4.52 Å². The van der Waals surface area contributed by atoms with E-state index in [9.17, 15) is 9.59 Å². The molecule has 0 aliphatic carbocycles. The predicted octanol–water partition coefficient (Wildman–Crippen LogP) is 2.25. The summed E-state index contributed by atoms with van der Waals surface area (Å²) in [6.07, 6.45) is 3.97. The molecule has 0 N–H and O–H groups in total. The molecule has 1 aliphatic rings. The van der Waals surface area contributed by atoms with Crippen LogP contribution < -0.4 is 0 Å². The molecule has 0 atom stereocenters. The Morgan fingerprint density at radius 3 is 2.68 bits per heavy atom. The van der Waals surface area contributed by atoms with Crippen molar-refractivity contribution in [2.24, 2.45) is 5.92 Å². The SMILES string of the molecule is CN(C)C=CC(=O)c1cc(C(=O)N2CC(Cc3ccccc3)C2)no1. The number of amides is 1. The van der Waals surface area contributed by atoms with Gasteiger partial charge in [0.25, 0.3) is 5.91 Å². The van der Waals surface area contributed by atoms with Gasteiger partial charge in [-0.1, -0.05) is 35.5 Å². The number of allylic oxidation sites excluding steroid dienone is 1. The molecule has 2 aromatic rings. The maximum atomic E-state index is 12.4. The third kappa shape index (κ3) is 4.15. The summed E-state index contributed by atoms with van der Waals surface area (Å²) in [5.41, 5.74) is 1.46. The van der Waals surface area contributed by atoms with Crippen LogP contribution in [0.5, 0.6) is 0 Å². The highest BCUT2D eigenvalue weighted by Crippen LogP contribution is 2.22. The standard InChI is InChI=1S/C19H21N3O3/c1-21(2)9-8-17(23)18-11-16(20-25-18)19(24)22-12-15(13-22)10-14-6-4-3-5-7-14/h3-9,11,15H,10,12-13H2,1-2H3. The van der Waals surface area contributed by atoms with Crippen LogP contribution in [-0.2, 0) is 6.42 Å². The molecule has 1 aromatic carbocycles. The van der Waals surface area contributed by atoms with Crippen molar-refractivity contribution in [3.05, 3.63) is 65.7 Å². The van der Waals surface area contributed by atoms with Crippen LogP contribution in [-0.4, -0.2) is 53.8 Å². The Balaban J connectivity index is 1.54. The first-order valence-electron chi connectivity index (χ1n) is 8.22. The molecule has 6 heteroatoms. The number of hydrogen-bond donors (Lipinski definition) is 0. The van der Waals surface area contributed by atoms with E-state index in [-0.39, 0.29) is 23.1 Å². The highest BCUT2D eigenvalue weighted by molar-refractivity contribution is 6.04. The van der Waals surface area contributed by atoms with Crippen LogP contribution in [0.25, 0.3) is 0 Å². The molecule has 6 nitrogen and oxygen atoms in total. The number of carbonyl (C=O) groups excluding carboxylic acids is 2. The third-order valence-electron chi connectivity index (χ3n) is 4.11. The lowest BCUT2D eigenvalue weighted by atomic mass is 9.92. The van der Waals surface area contributed by atoms with Crippen LogP contribution in [0.2, 0.25) is 0 Å². The summed E-state index contributed by atoms with van der Waals surface area (Å²) in [5, 5.41) is 3.74. The molecule has 25 heavy (non-hydrogen) atoms. The zero-order valence-corrected chi connectivity index (χ0v) is 14.4. The maximum absolute atomic E-state index is 12.4. The van der Waals surface area contributed by atoms with Crippen LogP contribution in [0.4, 0.5) is 0 Å². The van der Waals surface area contributed by atoms with E-state index in [0.717, 1.165) is 6.42 Å². The molecule has 0 saturated carbocycles. The second-order valence-electron chi connectivity index (χ2n) is 6.49. The van der Waals surface area contributed by atoms with Crippen LogP contribution in [0, 0.1) is 5.92 Å². The van der Waals surface area contributed by atoms with Gasteiger partial charge >= 0.3 is 0 Å². The van der Waals surface area contributed by atoms with Crippen molar-refractivity contribution in [1.82, 2.24) is 15.0 Å². The van der Waals surface area contributed by atoms with Gasteiger partial charge in [0, 0.05) is 45.5 Å². The first-order chi connectivity index (χ1) is 12.0. The summed E-state index contributed by atoms with van der Waals surface area (Å²) in [5.74, 6) is 0.0275. The number of rotatable bonds is 6. The van der Waals surface area contributed by atoms with Gasteiger partial charge in [0.2, 0.25) is 11.5 Å². The molecule has 0 radical (unpaired) electrons. The van der Waals surface area contributed by atoms with Crippen molar-refractivity contribution >= 4 is 11.7 Å². The second kappa shape index (κ2) is 7.34. The third-order valence-corrected chi connectivity index (χ3v) is 4.11. The summed E-state index contributed by atoms with van der Waals surface area (Å²) < 4.78 is 5.00. The average molecular weight is 339 g/mol. The van der Waals surface area contributed by atoms with Gasteiger partial charge in [0.05, 0.1) is 0 Å². The van der Waals surface area contributed by atoms with Crippen LogP contribution in [0.15, 0.2) is 53.2 Å². The quantitative estimate of drug-likeness (QED) is 0.596. The number of ketones is 1. The number of benzene rings is 1. The van der Waals surface area contributed by atoms with Gasteiger partial charge in [-0.3, -0.25) is 9.59 Å². The Labute approximate surface area is 146 Å². The van der Waals surface area contributed by atoms with E-state index in [1.54, 1.807) is 16.0 Å². The molecule has 3 rings (SSSR count). The number of carbonyl (C=O) groups is 2. The second-order valence-corrected chi connectivity index (χ2v) is 6.49. The smallest absolute Gasteiger partial charge is 0.276 e. The van der Waals surface area contributed by atoms with Gasteiger partial charge < -0.3 is 14.3 Å². The highest BCUT2D eigenvalue weighted by Gasteiger charge is 2.32. The lowest BCUT2D eigenvalue weighted by molar-refractivity contribution is 0.0490.